The molecule has 0 atom stereocenters. The Labute approximate surface area is 156 Å². The van der Waals surface area contributed by atoms with Crippen LogP contribution in [0.2, 0.25) is 0 Å². The molecule has 2 nitrogen and oxygen atoms in total. The summed E-state index contributed by atoms with van der Waals surface area (Å²) in [7, 11) is 0. The second kappa shape index (κ2) is 8.57. The smallest absolute Gasteiger partial charge is 0.119 e. The fourth-order valence-corrected chi connectivity index (χ4v) is 3.33. The molecular weight excluding hydrogens is 318 g/mol. The predicted octanol–water partition coefficient (Wildman–Crippen LogP) is 5.85. The topological polar surface area (TPSA) is 21.3 Å². The summed E-state index contributed by atoms with van der Waals surface area (Å²) in [5.74, 6) is 0.928. The van der Waals surface area contributed by atoms with Crippen molar-refractivity contribution in [3.63, 3.8) is 0 Å². The van der Waals surface area contributed by atoms with Crippen molar-refractivity contribution < 1.29 is 4.74 Å². The SMILES string of the molecule is Cc1cc(C)c(NCc2cccc(OCCc3ccccc3)c2)c(C)c1. The van der Waals surface area contributed by atoms with Crippen LogP contribution in [0.4, 0.5) is 5.69 Å². The zero-order chi connectivity index (χ0) is 18.4. The van der Waals surface area contributed by atoms with E-state index in [4.69, 9.17) is 4.74 Å². The molecule has 3 aromatic rings. The maximum atomic E-state index is 5.94. The van der Waals surface area contributed by atoms with Crippen LogP contribution in [0.1, 0.15) is 27.8 Å². The molecule has 0 heterocycles. The number of hydrogen-bond acceptors (Lipinski definition) is 2. The van der Waals surface area contributed by atoms with E-state index in [0.717, 1.165) is 18.7 Å². The molecule has 0 aliphatic carbocycles. The molecule has 2 heteroatoms. The second-order valence-electron chi connectivity index (χ2n) is 6.86. The molecule has 0 spiro atoms. The molecule has 0 radical (unpaired) electrons. The van der Waals surface area contributed by atoms with E-state index >= 15 is 0 Å². The number of hydrogen-bond donors (Lipinski definition) is 1. The lowest BCUT2D eigenvalue weighted by Crippen LogP contribution is -2.05. The van der Waals surface area contributed by atoms with Gasteiger partial charge in [0.05, 0.1) is 6.61 Å². The Balaban J connectivity index is 1.57. The third-order valence-corrected chi connectivity index (χ3v) is 4.55. The van der Waals surface area contributed by atoms with Crippen LogP contribution in [0.3, 0.4) is 0 Å². The van der Waals surface area contributed by atoms with E-state index < -0.39 is 0 Å². The van der Waals surface area contributed by atoms with E-state index in [1.807, 2.05) is 12.1 Å². The molecule has 0 amide bonds. The van der Waals surface area contributed by atoms with Gasteiger partial charge in [0, 0.05) is 18.7 Å². The van der Waals surface area contributed by atoms with Gasteiger partial charge in [0.2, 0.25) is 0 Å². The monoisotopic (exact) mass is 345 g/mol. The number of nitrogens with one attached hydrogen (secondary N) is 1. The van der Waals surface area contributed by atoms with Gasteiger partial charge in [-0.15, -0.1) is 0 Å². The Morgan fingerprint density at radius 1 is 0.769 bits per heavy atom. The van der Waals surface area contributed by atoms with Gasteiger partial charge in [-0.3, -0.25) is 0 Å². The number of aryl methyl sites for hydroxylation is 3. The molecule has 0 fully saturated rings. The first kappa shape index (κ1) is 18.1. The minimum absolute atomic E-state index is 0.692. The molecule has 3 aromatic carbocycles. The Kier molecular flexibility index (Phi) is 5.96. The van der Waals surface area contributed by atoms with E-state index in [1.54, 1.807) is 0 Å². The number of ether oxygens (including phenoxy) is 1. The van der Waals surface area contributed by atoms with Crippen molar-refractivity contribution in [1.29, 1.82) is 0 Å². The molecule has 26 heavy (non-hydrogen) atoms. The van der Waals surface area contributed by atoms with Gasteiger partial charge in [-0.05, 0) is 55.2 Å². The van der Waals surface area contributed by atoms with E-state index in [9.17, 15) is 0 Å². The first-order valence-electron chi connectivity index (χ1n) is 9.19. The average molecular weight is 345 g/mol. The van der Waals surface area contributed by atoms with Gasteiger partial charge in [-0.25, -0.2) is 0 Å². The van der Waals surface area contributed by atoms with Crippen LogP contribution in [0, 0.1) is 20.8 Å². The highest BCUT2D eigenvalue weighted by Gasteiger charge is 2.04. The second-order valence-corrected chi connectivity index (χ2v) is 6.86. The summed E-state index contributed by atoms with van der Waals surface area (Å²) >= 11 is 0. The third-order valence-electron chi connectivity index (χ3n) is 4.55. The largest absolute Gasteiger partial charge is 0.493 e. The Morgan fingerprint density at radius 2 is 1.46 bits per heavy atom. The molecule has 3 rings (SSSR count). The fourth-order valence-electron chi connectivity index (χ4n) is 3.33. The first-order valence-corrected chi connectivity index (χ1v) is 9.19. The molecule has 1 N–H and O–H groups in total. The number of anilines is 1. The van der Waals surface area contributed by atoms with Gasteiger partial charge < -0.3 is 10.1 Å². The van der Waals surface area contributed by atoms with Gasteiger partial charge in [0.25, 0.3) is 0 Å². The van der Waals surface area contributed by atoms with Crippen molar-refractivity contribution in [2.24, 2.45) is 0 Å². The highest BCUT2D eigenvalue weighted by atomic mass is 16.5. The van der Waals surface area contributed by atoms with Crippen molar-refractivity contribution in [3.05, 3.63) is 94.5 Å². The Morgan fingerprint density at radius 3 is 2.19 bits per heavy atom. The lowest BCUT2D eigenvalue weighted by atomic mass is 10.0. The van der Waals surface area contributed by atoms with Crippen LogP contribution in [-0.4, -0.2) is 6.61 Å². The van der Waals surface area contributed by atoms with Crippen LogP contribution in [-0.2, 0) is 13.0 Å². The molecule has 0 aromatic heterocycles. The van der Waals surface area contributed by atoms with Gasteiger partial charge in [-0.2, -0.15) is 0 Å². The van der Waals surface area contributed by atoms with E-state index in [-0.39, 0.29) is 0 Å². The van der Waals surface area contributed by atoms with Crippen molar-refractivity contribution in [3.8, 4) is 5.75 Å². The molecule has 0 aliphatic heterocycles. The number of benzene rings is 3. The Bertz CT molecular complexity index is 832. The molecular formula is C24H27NO. The summed E-state index contributed by atoms with van der Waals surface area (Å²) in [5, 5.41) is 3.58. The van der Waals surface area contributed by atoms with Crippen molar-refractivity contribution in [2.75, 3.05) is 11.9 Å². The molecule has 0 saturated carbocycles. The summed E-state index contributed by atoms with van der Waals surface area (Å²) < 4.78 is 5.94. The van der Waals surface area contributed by atoms with Crippen LogP contribution in [0.15, 0.2) is 66.7 Å². The van der Waals surface area contributed by atoms with E-state index in [2.05, 4.69) is 80.7 Å². The zero-order valence-electron chi connectivity index (χ0n) is 15.9. The highest BCUT2D eigenvalue weighted by Crippen LogP contribution is 2.23. The van der Waals surface area contributed by atoms with Crippen molar-refractivity contribution in [1.82, 2.24) is 0 Å². The lowest BCUT2D eigenvalue weighted by molar-refractivity contribution is 0.321. The van der Waals surface area contributed by atoms with Crippen LogP contribution < -0.4 is 10.1 Å². The van der Waals surface area contributed by atoms with Crippen LogP contribution in [0.5, 0.6) is 5.75 Å². The van der Waals surface area contributed by atoms with Crippen LogP contribution in [0.25, 0.3) is 0 Å². The van der Waals surface area contributed by atoms with Crippen molar-refractivity contribution in [2.45, 2.75) is 33.7 Å². The lowest BCUT2D eigenvalue weighted by Gasteiger charge is -2.14. The molecule has 0 unspecified atom stereocenters. The fraction of sp³-hybridized carbons (Fsp3) is 0.250. The summed E-state index contributed by atoms with van der Waals surface area (Å²) in [6, 6.07) is 23.2. The average Bonchev–Trinajstić information content (AvgIpc) is 2.62. The van der Waals surface area contributed by atoms with Crippen LogP contribution >= 0.6 is 0 Å². The third kappa shape index (κ3) is 4.89. The summed E-state index contributed by atoms with van der Waals surface area (Å²) in [6.07, 6.45) is 0.922. The predicted molar refractivity (Wildman–Crippen MR) is 110 cm³/mol. The van der Waals surface area contributed by atoms with Gasteiger partial charge in [-0.1, -0.05) is 60.2 Å². The minimum atomic E-state index is 0.692. The first-order chi connectivity index (χ1) is 12.6. The summed E-state index contributed by atoms with van der Waals surface area (Å²) in [4.78, 5) is 0. The van der Waals surface area contributed by atoms with Gasteiger partial charge in [0.1, 0.15) is 5.75 Å². The van der Waals surface area contributed by atoms with Gasteiger partial charge in [0.15, 0.2) is 0 Å². The zero-order valence-corrected chi connectivity index (χ0v) is 15.9. The quantitative estimate of drug-likeness (QED) is 0.580. The highest BCUT2D eigenvalue weighted by molar-refractivity contribution is 5.58. The van der Waals surface area contributed by atoms with Crippen molar-refractivity contribution >= 4 is 5.69 Å². The molecule has 0 aliphatic rings. The van der Waals surface area contributed by atoms with Gasteiger partial charge >= 0.3 is 0 Å². The molecule has 134 valence electrons. The summed E-state index contributed by atoms with van der Waals surface area (Å²) in [6.45, 7) is 7.94. The maximum absolute atomic E-state index is 5.94. The number of rotatable bonds is 7. The normalized spacial score (nSPS) is 10.6. The minimum Gasteiger partial charge on any atom is -0.493 e. The standard InChI is InChI=1S/C24H27NO/c1-18-14-19(2)24(20(3)15-18)25-17-22-10-7-11-23(16-22)26-13-12-21-8-5-4-6-9-21/h4-11,14-16,25H,12-13,17H2,1-3H3. The Hall–Kier alpha value is -2.74. The molecule has 0 saturated heterocycles. The molecule has 0 bridgehead atoms. The maximum Gasteiger partial charge on any atom is 0.119 e. The van der Waals surface area contributed by atoms with E-state index in [1.165, 1.54) is 33.5 Å². The summed E-state index contributed by atoms with van der Waals surface area (Å²) in [5.41, 5.74) is 7.64. The van der Waals surface area contributed by atoms with E-state index in [0.29, 0.717) is 6.61 Å².